The van der Waals surface area contributed by atoms with Crippen LogP contribution in [-0.2, 0) is 14.8 Å². The first kappa shape index (κ1) is 14.5. The third-order valence-corrected chi connectivity index (χ3v) is 5.98. The Morgan fingerprint density at radius 1 is 1.53 bits per heavy atom. The minimum atomic E-state index is -3.54. The van der Waals surface area contributed by atoms with Crippen LogP contribution < -0.4 is 4.72 Å². The Bertz CT molecular complexity index is 599. The molecular weight excluding hydrogens is 284 g/mol. The monoisotopic (exact) mass is 300 g/mol. The lowest BCUT2D eigenvalue weighted by atomic mass is 9.95. The van der Waals surface area contributed by atoms with Crippen LogP contribution in [0, 0.1) is 11.3 Å². The van der Waals surface area contributed by atoms with E-state index in [1.54, 1.807) is 0 Å². The summed E-state index contributed by atoms with van der Waals surface area (Å²) in [6.07, 6.45) is 1.31. The number of rotatable bonds is 3. The van der Waals surface area contributed by atoms with Crippen molar-refractivity contribution in [2.75, 3.05) is 6.61 Å². The Hall–Kier alpha value is -0.940. The summed E-state index contributed by atoms with van der Waals surface area (Å²) in [4.78, 5) is 0.396. The van der Waals surface area contributed by atoms with Gasteiger partial charge in [0, 0.05) is 12.6 Å². The summed E-state index contributed by atoms with van der Waals surface area (Å²) in [7, 11) is -3.54. The molecule has 5 nitrogen and oxygen atoms in total. The normalized spacial score (nSPS) is 22.9. The molecule has 1 aromatic rings. The van der Waals surface area contributed by atoms with Crippen molar-refractivity contribution in [3.63, 3.8) is 0 Å². The maximum Gasteiger partial charge on any atom is 0.250 e. The fourth-order valence-electron chi connectivity index (χ4n) is 2.13. The molecule has 0 radical (unpaired) electrons. The molecule has 0 saturated carbocycles. The van der Waals surface area contributed by atoms with Crippen LogP contribution in [0.15, 0.2) is 16.3 Å². The molecule has 0 aromatic carbocycles. The molecule has 1 N–H and O–H groups in total. The van der Waals surface area contributed by atoms with Crippen molar-refractivity contribution in [3.05, 3.63) is 17.0 Å². The topological polar surface area (TPSA) is 79.2 Å². The number of hydrogen-bond donors (Lipinski definition) is 1. The molecule has 0 aliphatic carbocycles. The summed E-state index contributed by atoms with van der Waals surface area (Å²) >= 11 is 0.985. The van der Waals surface area contributed by atoms with E-state index in [0.29, 0.717) is 24.3 Å². The third kappa shape index (κ3) is 3.54. The van der Waals surface area contributed by atoms with Crippen molar-refractivity contribution in [2.45, 2.75) is 42.5 Å². The SMILES string of the molecule is CC1(C)CC(NS(=O)(=O)c2ccc(C#N)s2)CCO1. The molecule has 0 amide bonds. The van der Waals surface area contributed by atoms with Crippen molar-refractivity contribution in [2.24, 2.45) is 0 Å². The van der Waals surface area contributed by atoms with Gasteiger partial charge in [0.25, 0.3) is 0 Å². The minimum Gasteiger partial charge on any atom is -0.375 e. The lowest BCUT2D eigenvalue weighted by Gasteiger charge is -2.35. The summed E-state index contributed by atoms with van der Waals surface area (Å²) in [5.41, 5.74) is -0.307. The first-order valence-electron chi connectivity index (χ1n) is 5.99. The fourth-order valence-corrected chi connectivity index (χ4v) is 4.53. The quantitative estimate of drug-likeness (QED) is 0.924. The highest BCUT2D eigenvalue weighted by Gasteiger charge is 2.32. The van der Waals surface area contributed by atoms with Crippen molar-refractivity contribution in [1.29, 1.82) is 5.26 Å². The Morgan fingerprint density at radius 3 is 2.84 bits per heavy atom. The maximum absolute atomic E-state index is 12.2. The highest BCUT2D eigenvalue weighted by atomic mass is 32.2. The van der Waals surface area contributed by atoms with E-state index in [1.165, 1.54) is 12.1 Å². The predicted molar refractivity (Wildman–Crippen MR) is 72.4 cm³/mol. The minimum absolute atomic E-state index is 0.124. The largest absolute Gasteiger partial charge is 0.375 e. The molecule has 1 saturated heterocycles. The Morgan fingerprint density at radius 2 is 2.26 bits per heavy atom. The van der Waals surface area contributed by atoms with Gasteiger partial charge in [0.05, 0.1) is 5.60 Å². The van der Waals surface area contributed by atoms with Gasteiger partial charge in [-0.25, -0.2) is 13.1 Å². The van der Waals surface area contributed by atoms with Gasteiger partial charge in [-0.3, -0.25) is 0 Å². The van der Waals surface area contributed by atoms with Crippen LogP contribution in [0.25, 0.3) is 0 Å². The standard InChI is InChI=1S/C12H16N2O3S2/c1-12(2)7-9(5-6-17-12)14-19(15,16)11-4-3-10(8-13)18-11/h3-4,9,14H,5-7H2,1-2H3. The number of sulfonamides is 1. The van der Waals surface area contributed by atoms with Gasteiger partial charge < -0.3 is 4.74 Å². The van der Waals surface area contributed by atoms with Crippen LogP contribution in [0.4, 0.5) is 0 Å². The lowest BCUT2D eigenvalue weighted by molar-refractivity contribution is -0.0599. The number of nitriles is 1. The molecule has 0 bridgehead atoms. The molecule has 1 aliphatic rings. The second-order valence-corrected chi connectivity index (χ2v) is 8.17. The highest BCUT2D eigenvalue weighted by Crippen LogP contribution is 2.26. The van der Waals surface area contributed by atoms with E-state index in [0.717, 1.165) is 11.3 Å². The lowest BCUT2D eigenvalue weighted by Crippen LogP contribution is -2.45. The fraction of sp³-hybridized carbons (Fsp3) is 0.583. The van der Waals surface area contributed by atoms with E-state index < -0.39 is 10.0 Å². The molecular formula is C12H16N2O3S2. The molecule has 1 fully saturated rings. The molecule has 1 aromatic heterocycles. The van der Waals surface area contributed by atoms with Crippen molar-refractivity contribution < 1.29 is 13.2 Å². The van der Waals surface area contributed by atoms with E-state index in [4.69, 9.17) is 10.00 Å². The predicted octanol–water partition coefficient (Wildman–Crippen LogP) is 1.86. The van der Waals surface area contributed by atoms with E-state index >= 15 is 0 Å². The molecule has 2 heterocycles. The Labute approximate surface area is 117 Å². The van der Waals surface area contributed by atoms with Gasteiger partial charge in [-0.1, -0.05) is 0 Å². The summed E-state index contributed by atoms with van der Waals surface area (Å²) in [5, 5.41) is 8.74. The Kier molecular flexibility index (Phi) is 3.97. The van der Waals surface area contributed by atoms with Crippen LogP contribution in [0.5, 0.6) is 0 Å². The second-order valence-electron chi connectivity index (χ2n) is 5.15. The molecule has 1 unspecified atom stereocenters. The summed E-state index contributed by atoms with van der Waals surface area (Å²) in [6, 6.07) is 4.81. The van der Waals surface area contributed by atoms with Crippen LogP contribution in [0.1, 0.15) is 31.6 Å². The molecule has 7 heteroatoms. The average molecular weight is 300 g/mol. The van der Waals surface area contributed by atoms with Gasteiger partial charge in [0.1, 0.15) is 15.2 Å². The van der Waals surface area contributed by atoms with E-state index in [-0.39, 0.29) is 15.9 Å². The van der Waals surface area contributed by atoms with Gasteiger partial charge in [-0.05, 0) is 38.8 Å². The smallest absolute Gasteiger partial charge is 0.250 e. The molecule has 1 aliphatic heterocycles. The zero-order chi connectivity index (χ0) is 14.1. The van der Waals surface area contributed by atoms with E-state index in [2.05, 4.69) is 4.72 Å². The van der Waals surface area contributed by atoms with Crippen LogP contribution in [0.3, 0.4) is 0 Å². The van der Waals surface area contributed by atoms with Crippen LogP contribution in [-0.4, -0.2) is 26.7 Å². The highest BCUT2D eigenvalue weighted by molar-refractivity contribution is 7.91. The average Bonchev–Trinajstić information content (AvgIpc) is 2.76. The van der Waals surface area contributed by atoms with Gasteiger partial charge in [-0.15, -0.1) is 11.3 Å². The van der Waals surface area contributed by atoms with Gasteiger partial charge in [0.2, 0.25) is 10.0 Å². The number of hydrogen-bond acceptors (Lipinski definition) is 5. The number of nitrogens with zero attached hydrogens (tertiary/aromatic N) is 1. The van der Waals surface area contributed by atoms with Crippen molar-refractivity contribution >= 4 is 21.4 Å². The maximum atomic E-state index is 12.2. The van der Waals surface area contributed by atoms with E-state index in [9.17, 15) is 8.42 Å². The van der Waals surface area contributed by atoms with Crippen molar-refractivity contribution in [3.8, 4) is 6.07 Å². The molecule has 0 spiro atoms. The molecule has 1 atom stereocenters. The number of thiophene rings is 1. The second kappa shape index (κ2) is 5.21. The molecule has 19 heavy (non-hydrogen) atoms. The first-order chi connectivity index (χ1) is 8.82. The van der Waals surface area contributed by atoms with Crippen LogP contribution in [0.2, 0.25) is 0 Å². The summed E-state index contributed by atoms with van der Waals surface area (Å²) in [5.74, 6) is 0. The zero-order valence-electron chi connectivity index (χ0n) is 10.8. The third-order valence-electron chi connectivity index (χ3n) is 2.98. The van der Waals surface area contributed by atoms with Gasteiger partial charge >= 0.3 is 0 Å². The number of ether oxygens (including phenoxy) is 1. The molecule has 104 valence electrons. The zero-order valence-corrected chi connectivity index (χ0v) is 12.5. The van der Waals surface area contributed by atoms with Crippen molar-refractivity contribution in [1.82, 2.24) is 4.72 Å². The summed E-state index contributed by atoms with van der Waals surface area (Å²) in [6.45, 7) is 4.45. The first-order valence-corrected chi connectivity index (χ1v) is 8.29. The number of nitrogens with one attached hydrogen (secondary N) is 1. The van der Waals surface area contributed by atoms with Gasteiger partial charge in [-0.2, -0.15) is 5.26 Å². The van der Waals surface area contributed by atoms with E-state index in [1.807, 2.05) is 19.9 Å². The summed E-state index contributed by atoms with van der Waals surface area (Å²) < 4.78 is 32.8. The molecule has 2 rings (SSSR count). The van der Waals surface area contributed by atoms with Gasteiger partial charge in [0.15, 0.2) is 0 Å². The van der Waals surface area contributed by atoms with Crippen LogP contribution >= 0.6 is 11.3 Å². The Balaban J connectivity index is 2.11.